The van der Waals surface area contributed by atoms with Crippen molar-refractivity contribution < 1.29 is 4.79 Å². The average Bonchev–Trinajstić information content (AvgIpc) is 2.71. The van der Waals surface area contributed by atoms with Crippen molar-refractivity contribution in [3.63, 3.8) is 0 Å². The predicted octanol–water partition coefficient (Wildman–Crippen LogP) is 4.29. The van der Waals surface area contributed by atoms with Gasteiger partial charge in [0, 0.05) is 18.0 Å². The smallest absolute Gasteiger partial charge is 0.272 e. The number of amides is 1. The summed E-state index contributed by atoms with van der Waals surface area (Å²) in [6.45, 7) is 2.93. The van der Waals surface area contributed by atoms with Crippen molar-refractivity contribution in [2.24, 2.45) is 0 Å². The molecule has 0 aliphatic carbocycles. The molecule has 1 saturated heterocycles. The van der Waals surface area contributed by atoms with Crippen molar-refractivity contribution in [1.82, 2.24) is 9.88 Å². The number of carbonyl (C=O) groups is 1. The minimum Gasteiger partial charge on any atom is -0.335 e. The number of carbonyl (C=O) groups excluding carboxylic acids is 1. The van der Waals surface area contributed by atoms with Crippen LogP contribution < -0.4 is 0 Å². The van der Waals surface area contributed by atoms with Gasteiger partial charge in [-0.25, -0.2) is 4.98 Å². The standard InChI is InChI=1S/C17H19ClN2O/c1-12-7-3-2-6-10-20(12)17(21)15-11-13-8-4-5-9-14(13)16(18)19-15/h4-5,8-9,11-12H,2-3,6-7,10H2,1H3. The van der Waals surface area contributed by atoms with E-state index >= 15 is 0 Å². The van der Waals surface area contributed by atoms with Crippen LogP contribution in [0.1, 0.15) is 43.1 Å². The van der Waals surface area contributed by atoms with E-state index in [2.05, 4.69) is 11.9 Å². The zero-order valence-electron chi connectivity index (χ0n) is 12.2. The summed E-state index contributed by atoms with van der Waals surface area (Å²) >= 11 is 6.23. The van der Waals surface area contributed by atoms with Crippen molar-refractivity contribution in [2.75, 3.05) is 6.54 Å². The predicted molar refractivity (Wildman–Crippen MR) is 85.7 cm³/mol. The molecule has 1 fully saturated rings. The molecule has 1 aliphatic rings. The lowest BCUT2D eigenvalue weighted by Gasteiger charge is -2.27. The van der Waals surface area contributed by atoms with Crippen LogP contribution in [0.2, 0.25) is 5.15 Å². The fraction of sp³-hybridized carbons (Fsp3) is 0.412. The molecule has 1 aromatic carbocycles. The summed E-state index contributed by atoms with van der Waals surface area (Å²) in [4.78, 5) is 19.0. The van der Waals surface area contributed by atoms with E-state index < -0.39 is 0 Å². The number of likely N-dealkylation sites (tertiary alicyclic amines) is 1. The number of nitrogens with zero attached hydrogens (tertiary/aromatic N) is 2. The number of halogens is 1. The first-order chi connectivity index (χ1) is 10.2. The van der Waals surface area contributed by atoms with E-state index in [4.69, 9.17) is 11.6 Å². The lowest BCUT2D eigenvalue weighted by Crippen LogP contribution is -2.38. The van der Waals surface area contributed by atoms with E-state index in [0.29, 0.717) is 10.8 Å². The topological polar surface area (TPSA) is 33.2 Å². The summed E-state index contributed by atoms with van der Waals surface area (Å²) in [5, 5.41) is 2.25. The molecule has 0 spiro atoms. The molecule has 1 unspecified atom stereocenters. The van der Waals surface area contributed by atoms with Gasteiger partial charge >= 0.3 is 0 Å². The summed E-state index contributed by atoms with van der Waals surface area (Å²) in [5.41, 5.74) is 0.451. The number of hydrogen-bond acceptors (Lipinski definition) is 2. The maximum atomic E-state index is 12.8. The van der Waals surface area contributed by atoms with Crippen LogP contribution in [-0.4, -0.2) is 28.4 Å². The van der Waals surface area contributed by atoms with E-state index in [1.165, 1.54) is 12.8 Å². The van der Waals surface area contributed by atoms with E-state index in [1.54, 1.807) is 0 Å². The third-order valence-electron chi connectivity index (χ3n) is 4.23. The number of pyridine rings is 1. The normalized spacial score (nSPS) is 19.5. The van der Waals surface area contributed by atoms with Crippen LogP contribution in [0.5, 0.6) is 0 Å². The highest BCUT2D eigenvalue weighted by molar-refractivity contribution is 6.34. The zero-order chi connectivity index (χ0) is 14.8. The quantitative estimate of drug-likeness (QED) is 0.736. The summed E-state index contributed by atoms with van der Waals surface area (Å²) in [6.07, 6.45) is 4.52. The van der Waals surface area contributed by atoms with Crippen molar-refractivity contribution in [2.45, 2.75) is 38.6 Å². The Hall–Kier alpha value is -1.61. The van der Waals surface area contributed by atoms with E-state index in [0.717, 1.165) is 30.2 Å². The number of aromatic nitrogens is 1. The maximum Gasteiger partial charge on any atom is 0.272 e. The third kappa shape index (κ3) is 2.88. The van der Waals surface area contributed by atoms with Gasteiger partial charge in [0.2, 0.25) is 0 Å². The molecule has 3 rings (SSSR count). The monoisotopic (exact) mass is 302 g/mol. The summed E-state index contributed by atoms with van der Waals surface area (Å²) in [6, 6.07) is 9.88. The molecule has 0 N–H and O–H groups in total. The molecule has 1 aliphatic heterocycles. The molecule has 2 heterocycles. The van der Waals surface area contributed by atoms with Crippen LogP contribution in [0, 0.1) is 0 Å². The molecule has 1 amide bonds. The second-order valence-electron chi connectivity index (χ2n) is 5.72. The fourth-order valence-electron chi connectivity index (χ4n) is 2.99. The Morgan fingerprint density at radius 1 is 1.29 bits per heavy atom. The molecule has 1 atom stereocenters. The van der Waals surface area contributed by atoms with E-state index in [9.17, 15) is 4.79 Å². The van der Waals surface area contributed by atoms with Crippen molar-refractivity contribution in [3.8, 4) is 0 Å². The highest BCUT2D eigenvalue weighted by atomic mass is 35.5. The number of benzene rings is 1. The summed E-state index contributed by atoms with van der Waals surface area (Å²) < 4.78 is 0. The van der Waals surface area contributed by atoms with Gasteiger partial charge < -0.3 is 4.90 Å². The highest BCUT2D eigenvalue weighted by Crippen LogP contribution is 2.24. The Kier molecular flexibility index (Phi) is 4.11. The van der Waals surface area contributed by atoms with Crippen molar-refractivity contribution >= 4 is 28.3 Å². The molecule has 2 aromatic rings. The van der Waals surface area contributed by atoms with Gasteiger partial charge in [-0.05, 0) is 31.2 Å². The van der Waals surface area contributed by atoms with Gasteiger partial charge in [-0.15, -0.1) is 0 Å². The minimum atomic E-state index is -0.00273. The lowest BCUT2D eigenvalue weighted by molar-refractivity contribution is 0.0692. The zero-order valence-corrected chi connectivity index (χ0v) is 12.9. The van der Waals surface area contributed by atoms with Crippen LogP contribution >= 0.6 is 11.6 Å². The molecular formula is C17H19ClN2O. The molecule has 110 valence electrons. The molecule has 0 saturated carbocycles. The fourth-order valence-corrected chi connectivity index (χ4v) is 3.25. The first-order valence-corrected chi connectivity index (χ1v) is 7.91. The van der Waals surface area contributed by atoms with Crippen LogP contribution in [0.4, 0.5) is 0 Å². The minimum absolute atomic E-state index is 0.00273. The largest absolute Gasteiger partial charge is 0.335 e. The Labute approximate surface area is 129 Å². The molecule has 3 nitrogen and oxygen atoms in total. The molecule has 21 heavy (non-hydrogen) atoms. The molecule has 0 radical (unpaired) electrons. The molecular weight excluding hydrogens is 284 g/mol. The third-order valence-corrected chi connectivity index (χ3v) is 4.51. The first-order valence-electron chi connectivity index (χ1n) is 7.53. The SMILES string of the molecule is CC1CCCCCN1C(=O)c1cc2ccccc2c(Cl)n1. The van der Waals surface area contributed by atoms with Crippen LogP contribution in [0.3, 0.4) is 0 Å². The Morgan fingerprint density at radius 2 is 2.10 bits per heavy atom. The van der Waals surface area contributed by atoms with Crippen molar-refractivity contribution in [3.05, 3.63) is 41.2 Å². The van der Waals surface area contributed by atoms with Gasteiger partial charge in [-0.3, -0.25) is 4.79 Å². The van der Waals surface area contributed by atoms with Gasteiger partial charge in [0.25, 0.3) is 5.91 Å². The second kappa shape index (κ2) is 6.02. The Bertz CT molecular complexity index is 671. The summed E-state index contributed by atoms with van der Waals surface area (Å²) in [5.74, 6) is -0.00273. The van der Waals surface area contributed by atoms with Gasteiger partial charge in [0.1, 0.15) is 10.8 Å². The number of fused-ring (bicyclic) bond motifs is 1. The molecule has 1 aromatic heterocycles. The van der Waals surface area contributed by atoms with Gasteiger partial charge in [0.05, 0.1) is 0 Å². The second-order valence-corrected chi connectivity index (χ2v) is 6.07. The van der Waals surface area contributed by atoms with Crippen LogP contribution in [-0.2, 0) is 0 Å². The first kappa shape index (κ1) is 14.3. The van der Waals surface area contributed by atoms with Gasteiger partial charge in [-0.1, -0.05) is 48.7 Å². The highest BCUT2D eigenvalue weighted by Gasteiger charge is 2.24. The Morgan fingerprint density at radius 3 is 2.95 bits per heavy atom. The maximum absolute atomic E-state index is 12.8. The molecule has 4 heteroatoms. The van der Waals surface area contributed by atoms with Crippen molar-refractivity contribution in [1.29, 1.82) is 0 Å². The van der Waals surface area contributed by atoms with E-state index in [1.807, 2.05) is 35.2 Å². The average molecular weight is 303 g/mol. The Balaban J connectivity index is 1.97. The number of hydrogen-bond donors (Lipinski definition) is 0. The van der Waals surface area contributed by atoms with Crippen LogP contribution in [0.15, 0.2) is 30.3 Å². The van der Waals surface area contributed by atoms with Gasteiger partial charge in [0.15, 0.2) is 0 Å². The summed E-state index contributed by atoms with van der Waals surface area (Å²) in [7, 11) is 0. The van der Waals surface area contributed by atoms with Crippen LogP contribution in [0.25, 0.3) is 10.8 Å². The lowest BCUT2D eigenvalue weighted by atomic mass is 10.1. The molecule has 0 bridgehead atoms. The van der Waals surface area contributed by atoms with E-state index in [-0.39, 0.29) is 11.9 Å². The van der Waals surface area contributed by atoms with Gasteiger partial charge in [-0.2, -0.15) is 0 Å². The number of rotatable bonds is 1.